The third-order valence-corrected chi connectivity index (χ3v) is 12.2. The Balaban J connectivity index is 0.592. The summed E-state index contributed by atoms with van der Waals surface area (Å²) in [6.45, 7) is 8.33. The molecule has 0 radical (unpaired) electrons. The number of nitrogens with two attached hydrogens (primary N) is 2. The number of carbonyl (C=O) groups excluding carboxylic acids is 2. The van der Waals surface area contributed by atoms with Gasteiger partial charge in [0, 0.05) is 113 Å². The third kappa shape index (κ3) is 11.8. The molecule has 2 aliphatic rings. The van der Waals surface area contributed by atoms with Crippen molar-refractivity contribution in [1.82, 2.24) is 54.6 Å². The van der Waals surface area contributed by atoms with E-state index in [9.17, 15) is 9.59 Å². The van der Waals surface area contributed by atoms with Gasteiger partial charge >= 0.3 is 0 Å². The molecule has 21 nitrogen and oxygen atoms in total. The molecule has 0 bridgehead atoms. The molecule has 21 heteroatoms. The number of ketones is 1. The number of nitrogens with one attached hydrogen (secondary N) is 1. The standard InChI is InChI=1S/C48H57N15O6/c49-24-34-25-53-47(54-26-34)60-10-12-61(13-11-60)48-55-28-39(29-56-48)40(64)2-1-14-66-16-18-68-20-21-69-19-17-67-15-7-41(65)62-9-6-35-22-33(3-4-37(35)31-62)30-63-46-42(44(50)57-32-58-46)43(59-63)38-23-36-5-8-51-45(36)52-27-38/h3-5,8,22-23,25-29,32H,1-2,6-7,9-21,24,30-31,49H2,(H,51,52)(H2,50,57,58). The number of hydrogen-bond acceptors (Lipinski definition) is 18. The van der Waals surface area contributed by atoms with Crippen molar-refractivity contribution in [2.45, 2.75) is 45.3 Å². The number of rotatable bonds is 23. The van der Waals surface area contributed by atoms with E-state index in [0.29, 0.717) is 138 Å². The lowest BCUT2D eigenvalue weighted by Crippen LogP contribution is -2.47. The molecule has 5 N–H and O–H groups in total. The van der Waals surface area contributed by atoms with Crippen LogP contribution in [0.3, 0.4) is 0 Å². The van der Waals surface area contributed by atoms with Crippen LogP contribution in [-0.2, 0) is 49.8 Å². The van der Waals surface area contributed by atoms with Crippen molar-refractivity contribution < 1.29 is 28.5 Å². The molecule has 0 saturated carbocycles. The molecule has 2 aliphatic heterocycles. The van der Waals surface area contributed by atoms with E-state index in [1.165, 1.54) is 11.9 Å². The van der Waals surface area contributed by atoms with Gasteiger partial charge in [-0.15, -0.1) is 0 Å². The lowest BCUT2D eigenvalue weighted by atomic mass is 9.97. The Kier molecular flexibility index (Phi) is 15.6. The van der Waals surface area contributed by atoms with Crippen LogP contribution >= 0.6 is 0 Å². The number of fused-ring (bicyclic) bond motifs is 3. The first kappa shape index (κ1) is 47.0. The van der Waals surface area contributed by atoms with E-state index >= 15 is 0 Å². The SMILES string of the molecule is NCc1cnc(N2CCN(c3ncc(C(=O)CCCOCCOCCOCCOCCC(=O)N4CCc5cc(Cn6nc(-c7cnc8[nH]ccc8c7)c7c(N)ncnc76)ccc5C4)cn3)CC2)nc1. The largest absolute Gasteiger partial charge is 0.383 e. The van der Waals surface area contributed by atoms with Crippen molar-refractivity contribution in [3.8, 4) is 11.3 Å². The number of ether oxygens (including phenoxy) is 4. The zero-order valence-corrected chi connectivity index (χ0v) is 38.5. The molecular formula is C48H57N15O6. The quantitative estimate of drug-likeness (QED) is 0.0614. The minimum absolute atomic E-state index is 0.0164. The molecule has 7 aromatic rings. The van der Waals surface area contributed by atoms with E-state index in [4.69, 9.17) is 35.5 Å². The van der Waals surface area contributed by atoms with Crippen molar-refractivity contribution in [3.63, 3.8) is 0 Å². The van der Waals surface area contributed by atoms with Crippen LogP contribution in [0.25, 0.3) is 33.3 Å². The average molecular weight is 940 g/mol. The van der Waals surface area contributed by atoms with Gasteiger partial charge in [0.15, 0.2) is 11.4 Å². The molecule has 9 rings (SSSR count). The number of nitrogens with zero attached hydrogens (tertiary/aromatic N) is 12. The second kappa shape index (κ2) is 22.8. The Morgan fingerprint density at radius 3 is 2.07 bits per heavy atom. The second-order valence-electron chi connectivity index (χ2n) is 16.8. The Morgan fingerprint density at radius 1 is 0.681 bits per heavy atom. The summed E-state index contributed by atoms with van der Waals surface area (Å²) in [4.78, 5) is 66.1. The van der Waals surface area contributed by atoms with Gasteiger partial charge in [0.25, 0.3) is 0 Å². The number of aromatic amines is 1. The minimum atomic E-state index is -0.0164. The van der Waals surface area contributed by atoms with Crippen LogP contribution in [0.2, 0.25) is 0 Å². The van der Waals surface area contributed by atoms with Gasteiger partial charge in [-0.2, -0.15) is 5.10 Å². The number of nitrogen functional groups attached to an aromatic ring is 1. The summed E-state index contributed by atoms with van der Waals surface area (Å²) in [7, 11) is 0. The lowest BCUT2D eigenvalue weighted by Gasteiger charge is -2.34. The number of anilines is 3. The number of carbonyl (C=O) groups is 2. The number of hydrogen-bond donors (Lipinski definition) is 3. The Morgan fingerprint density at radius 2 is 1.36 bits per heavy atom. The lowest BCUT2D eigenvalue weighted by molar-refractivity contribution is -0.133. The summed E-state index contributed by atoms with van der Waals surface area (Å²) in [5.41, 5.74) is 19.8. The van der Waals surface area contributed by atoms with Gasteiger partial charge in [0.1, 0.15) is 23.5 Å². The van der Waals surface area contributed by atoms with Crippen LogP contribution in [0, 0.1) is 0 Å². The highest BCUT2D eigenvalue weighted by Gasteiger charge is 2.24. The maximum atomic E-state index is 13.1. The molecule has 1 fully saturated rings. The van der Waals surface area contributed by atoms with Crippen LogP contribution in [0.4, 0.5) is 17.7 Å². The van der Waals surface area contributed by atoms with Crippen LogP contribution < -0.4 is 21.3 Å². The predicted molar refractivity (Wildman–Crippen MR) is 257 cm³/mol. The van der Waals surface area contributed by atoms with Crippen molar-refractivity contribution in [2.24, 2.45) is 5.73 Å². The molecule has 8 heterocycles. The van der Waals surface area contributed by atoms with E-state index in [1.54, 1.807) is 31.0 Å². The van der Waals surface area contributed by atoms with Crippen molar-refractivity contribution >= 4 is 51.5 Å². The molecule has 0 unspecified atom stereocenters. The molecule has 360 valence electrons. The molecule has 0 aliphatic carbocycles. The number of aromatic nitrogens is 10. The van der Waals surface area contributed by atoms with E-state index in [2.05, 4.69) is 67.9 Å². The molecule has 1 amide bonds. The van der Waals surface area contributed by atoms with E-state index in [0.717, 1.165) is 65.9 Å². The maximum Gasteiger partial charge on any atom is 0.225 e. The summed E-state index contributed by atoms with van der Waals surface area (Å²) in [6.07, 6.45) is 13.8. The molecule has 1 aromatic carbocycles. The van der Waals surface area contributed by atoms with Gasteiger partial charge < -0.3 is 50.1 Å². The summed E-state index contributed by atoms with van der Waals surface area (Å²) in [5.74, 6) is 1.71. The number of Topliss-reactive ketones (excluding diaryl/α,β-unsaturated/α-hetero) is 1. The number of H-pyrrole nitrogens is 1. The predicted octanol–water partition coefficient (Wildman–Crippen LogP) is 3.37. The topological polar surface area (TPSA) is 257 Å². The zero-order chi connectivity index (χ0) is 47.4. The fraction of sp³-hybridized carbons (Fsp3) is 0.417. The number of piperazine rings is 1. The van der Waals surface area contributed by atoms with Crippen molar-refractivity contribution in [2.75, 3.05) is 101 Å². The van der Waals surface area contributed by atoms with Crippen LogP contribution in [0.1, 0.15) is 51.9 Å². The monoisotopic (exact) mass is 939 g/mol. The number of benzene rings is 1. The van der Waals surface area contributed by atoms with E-state index in [1.807, 2.05) is 27.9 Å². The Bertz CT molecular complexity index is 2810. The van der Waals surface area contributed by atoms with Crippen molar-refractivity contribution in [3.05, 3.63) is 102 Å². The van der Waals surface area contributed by atoms with E-state index < -0.39 is 0 Å². The summed E-state index contributed by atoms with van der Waals surface area (Å²) >= 11 is 0. The van der Waals surface area contributed by atoms with E-state index in [-0.39, 0.29) is 11.7 Å². The summed E-state index contributed by atoms with van der Waals surface area (Å²) in [6, 6.07) is 10.4. The Hall–Kier alpha value is -7.04. The highest BCUT2D eigenvalue weighted by molar-refractivity contribution is 5.99. The molecular weight excluding hydrogens is 883 g/mol. The number of amides is 1. The van der Waals surface area contributed by atoms with Gasteiger partial charge in [-0.25, -0.2) is 39.6 Å². The highest BCUT2D eigenvalue weighted by Crippen LogP contribution is 2.32. The maximum absolute atomic E-state index is 13.1. The zero-order valence-electron chi connectivity index (χ0n) is 38.5. The average Bonchev–Trinajstić information content (AvgIpc) is 4.02. The molecule has 6 aromatic heterocycles. The van der Waals surface area contributed by atoms with Crippen LogP contribution in [0.15, 0.2) is 73.8 Å². The summed E-state index contributed by atoms with van der Waals surface area (Å²) < 4.78 is 24.4. The summed E-state index contributed by atoms with van der Waals surface area (Å²) in [5, 5.41) is 6.62. The van der Waals surface area contributed by atoms with Gasteiger partial charge in [0.05, 0.1) is 70.2 Å². The second-order valence-corrected chi connectivity index (χ2v) is 16.8. The first-order chi connectivity index (χ1) is 33.9. The van der Waals surface area contributed by atoms with Gasteiger partial charge in [0.2, 0.25) is 17.8 Å². The smallest absolute Gasteiger partial charge is 0.225 e. The van der Waals surface area contributed by atoms with Gasteiger partial charge in [-0.1, -0.05) is 18.2 Å². The third-order valence-electron chi connectivity index (χ3n) is 12.2. The molecule has 0 atom stereocenters. The molecule has 69 heavy (non-hydrogen) atoms. The normalized spacial score (nSPS) is 14.0. The minimum Gasteiger partial charge on any atom is -0.383 e. The number of pyridine rings is 1. The van der Waals surface area contributed by atoms with Crippen LogP contribution in [-0.4, -0.2) is 152 Å². The van der Waals surface area contributed by atoms with Crippen LogP contribution in [0.5, 0.6) is 0 Å². The fourth-order valence-corrected chi connectivity index (χ4v) is 8.41. The van der Waals surface area contributed by atoms with Gasteiger partial charge in [-0.05, 0) is 41.7 Å². The molecule has 0 spiro atoms. The first-order valence-corrected chi connectivity index (χ1v) is 23.4. The first-order valence-electron chi connectivity index (χ1n) is 23.4. The van der Waals surface area contributed by atoms with Gasteiger partial charge in [-0.3, -0.25) is 9.59 Å². The molecule has 1 saturated heterocycles. The fourth-order valence-electron chi connectivity index (χ4n) is 8.41. The van der Waals surface area contributed by atoms with Crippen molar-refractivity contribution in [1.29, 1.82) is 0 Å². The Labute approximate surface area is 398 Å². The highest BCUT2D eigenvalue weighted by atomic mass is 16.6.